The lowest BCUT2D eigenvalue weighted by Gasteiger charge is -2.20. The lowest BCUT2D eigenvalue weighted by atomic mass is 10.2. The number of amides is 1. The molecule has 0 radical (unpaired) electrons. The van der Waals surface area contributed by atoms with Crippen molar-refractivity contribution in [3.8, 4) is 0 Å². The van der Waals surface area contributed by atoms with Crippen LogP contribution in [0.1, 0.15) is 6.42 Å². The number of alkyl halides is 3. The number of likely N-dealkylation sites (tertiary alicyclic amines) is 1. The van der Waals surface area contributed by atoms with Gasteiger partial charge in [-0.05, 0) is 20.5 Å². The first-order chi connectivity index (χ1) is 7.29. The molecule has 0 bridgehead atoms. The second-order valence-electron chi connectivity index (χ2n) is 4.02. The molecule has 1 saturated heterocycles. The van der Waals surface area contributed by atoms with Crippen LogP contribution in [0, 0.1) is 0 Å². The Kier molecular flexibility index (Phi) is 4.01. The number of hydrogen-bond donors (Lipinski definition) is 0. The Bertz CT molecular complexity index is 256. The molecule has 4 nitrogen and oxygen atoms in total. The van der Waals surface area contributed by atoms with Crippen molar-refractivity contribution in [3.05, 3.63) is 0 Å². The van der Waals surface area contributed by atoms with Crippen molar-refractivity contribution in [3.63, 3.8) is 0 Å². The van der Waals surface area contributed by atoms with Crippen LogP contribution in [-0.2, 0) is 4.74 Å². The molecule has 0 N–H and O–H groups in total. The maximum atomic E-state index is 11.8. The second-order valence-corrected chi connectivity index (χ2v) is 4.02. The van der Waals surface area contributed by atoms with Crippen LogP contribution < -0.4 is 0 Å². The Morgan fingerprint density at radius 3 is 2.56 bits per heavy atom. The summed E-state index contributed by atoms with van der Waals surface area (Å²) in [6.07, 6.45) is -4.59. The van der Waals surface area contributed by atoms with E-state index in [2.05, 4.69) is 4.74 Å². The van der Waals surface area contributed by atoms with E-state index in [4.69, 9.17) is 0 Å². The third kappa shape index (κ3) is 3.88. The molecule has 1 amide bonds. The smallest absolute Gasteiger partial charge is 0.422 e. The molecule has 16 heavy (non-hydrogen) atoms. The van der Waals surface area contributed by atoms with Crippen LogP contribution in [0.15, 0.2) is 0 Å². The van der Waals surface area contributed by atoms with E-state index in [-0.39, 0.29) is 6.04 Å². The summed E-state index contributed by atoms with van der Waals surface area (Å²) >= 11 is 0. The third-order valence-corrected chi connectivity index (χ3v) is 2.51. The van der Waals surface area contributed by atoms with Gasteiger partial charge in [0, 0.05) is 19.1 Å². The van der Waals surface area contributed by atoms with Crippen molar-refractivity contribution in [2.75, 3.05) is 33.8 Å². The molecular formula is C9H15F3N2O2. The van der Waals surface area contributed by atoms with Crippen LogP contribution in [0.4, 0.5) is 18.0 Å². The largest absolute Gasteiger partial charge is 0.440 e. The molecule has 0 aromatic carbocycles. The zero-order valence-corrected chi connectivity index (χ0v) is 9.25. The van der Waals surface area contributed by atoms with Gasteiger partial charge in [0.15, 0.2) is 6.61 Å². The van der Waals surface area contributed by atoms with Crippen LogP contribution in [0.5, 0.6) is 0 Å². The highest BCUT2D eigenvalue weighted by molar-refractivity contribution is 5.68. The number of carbonyl (C=O) groups is 1. The zero-order valence-electron chi connectivity index (χ0n) is 9.25. The van der Waals surface area contributed by atoms with E-state index in [1.54, 1.807) is 0 Å². The van der Waals surface area contributed by atoms with Crippen molar-refractivity contribution in [1.29, 1.82) is 0 Å². The van der Waals surface area contributed by atoms with Crippen LogP contribution in [0.3, 0.4) is 0 Å². The summed E-state index contributed by atoms with van der Waals surface area (Å²) in [5.74, 6) is 0. The molecule has 1 fully saturated rings. The number of likely N-dealkylation sites (N-methyl/N-ethyl adjacent to an activating group) is 1. The first-order valence-corrected chi connectivity index (χ1v) is 4.94. The third-order valence-electron chi connectivity index (χ3n) is 2.51. The fraction of sp³-hybridized carbons (Fsp3) is 0.889. The predicted octanol–water partition coefficient (Wildman–Crippen LogP) is 1.32. The molecule has 1 rings (SSSR count). The molecule has 94 valence electrons. The average molecular weight is 240 g/mol. The summed E-state index contributed by atoms with van der Waals surface area (Å²) in [4.78, 5) is 14.5. The maximum absolute atomic E-state index is 11.8. The van der Waals surface area contributed by atoms with Gasteiger partial charge < -0.3 is 14.5 Å². The number of halogens is 3. The van der Waals surface area contributed by atoms with E-state index in [0.717, 1.165) is 6.42 Å². The summed E-state index contributed by atoms with van der Waals surface area (Å²) in [6, 6.07) is 0.193. The maximum Gasteiger partial charge on any atom is 0.422 e. The van der Waals surface area contributed by atoms with Crippen LogP contribution >= 0.6 is 0 Å². The number of hydrogen-bond acceptors (Lipinski definition) is 3. The number of ether oxygens (including phenoxy) is 1. The summed E-state index contributed by atoms with van der Waals surface area (Å²) in [6.45, 7) is -0.655. The highest BCUT2D eigenvalue weighted by Gasteiger charge is 2.33. The topological polar surface area (TPSA) is 32.8 Å². The van der Waals surface area contributed by atoms with E-state index >= 15 is 0 Å². The Morgan fingerprint density at radius 2 is 2.12 bits per heavy atom. The lowest BCUT2D eigenvalue weighted by molar-refractivity contribution is -0.162. The highest BCUT2D eigenvalue weighted by Crippen LogP contribution is 2.17. The number of nitrogens with zero attached hydrogens (tertiary/aromatic N) is 2. The fourth-order valence-electron chi connectivity index (χ4n) is 1.56. The van der Waals surface area contributed by atoms with Gasteiger partial charge in [-0.1, -0.05) is 0 Å². The Labute approximate surface area is 91.9 Å². The van der Waals surface area contributed by atoms with Crippen molar-refractivity contribution >= 4 is 6.09 Å². The average Bonchev–Trinajstić information content (AvgIpc) is 2.61. The molecule has 1 unspecified atom stereocenters. The molecule has 0 aliphatic carbocycles. The zero-order chi connectivity index (χ0) is 12.3. The molecule has 0 aromatic rings. The van der Waals surface area contributed by atoms with Gasteiger partial charge in [0.2, 0.25) is 0 Å². The Morgan fingerprint density at radius 1 is 1.50 bits per heavy atom. The minimum Gasteiger partial charge on any atom is -0.440 e. The van der Waals surface area contributed by atoms with Crippen molar-refractivity contribution < 1.29 is 22.7 Å². The van der Waals surface area contributed by atoms with Gasteiger partial charge in [-0.2, -0.15) is 13.2 Å². The van der Waals surface area contributed by atoms with Gasteiger partial charge >= 0.3 is 12.3 Å². The summed E-state index contributed by atoms with van der Waals surface area (Å²) in [5, 5.41) is 0. The van der Waals surface area contributed by atoms with Gasteiger partial charge in [0.1, 0.15) is 0 Å². The summed E-state index contributed by atoms with van der Waals surface area (Å²) in [7, 11) is 3.74. The van der Waals surface area contributed by atoms with Gasteiger partial charge in [-0.3, -0.25) is 0 Å². The van der Waals surface area contributed by atoms with E-state index in [1.807, 2.05) is 19.0 Å². The number of carbonyl (C=O) groups excluding carboxylic acids is 1. The standard InChI is InChI=1S/C9H15F3N2O2/c1-13(2)7-3-4-14(5-7)8(15)16-6-9(10,11)12/h7H,3-6H2,1-2H3. The molecule has 7 heteroatoms. The van der Waals surface area contributed by atoms with Crippen molar-refractivity contribution in [2.45, 2.75) is 18.6 Å². The number of rotatable bonds is 2. The van der Waals surface area contributed by atoms with Crippen molar-refractivity contribution in [1.82, 2.24) is 9.80 Å². The monoisotopic (exact) mass is 240 g/mol. The van der Waals surface area contributed by atoms with E-state index in [0.29, 0.717) is 13.1 Å². The van der Waals surface area contributed by atoms with Gasteiger partial charge in [0.25, 0.3) is 0 Å². The Balaban J connectivity index is 2.34. The molecule has 0 aromatic heterocycles. The molecule has 1 aliphatic rings. The molecule has 1 heterocycles. The van der Waals surface area contributed by atoms with Gasteiger partial charge in [0.05, 0.1) is 0 Å². The molecule has 1 aliphatic heterocycles. The first kappa shape index (κ1) is 13.1. The van der Waals surface area contributed by atoms with E-state index in [1.165, 1.54) is 4.90 Å². The molecule has 1 atom stereocenters. The van der Waals surface area contributed by atoms with Gasteiger partial charge in [-0.25, -0.2) is 4.79 Å². The van der Waals surface area contributed by atoms with Crippen LogP contribution in [0.2, 0.25) is 0 Å². The molecular weight excluding hydrogens is 225 g/mol. The minimum absolute atomic E-state index is 0.193. The predicted molar refractivity (Wildman–Crippen MR) is 51.1 cm³/mol. The fourth-order valence-corrected chi connectivity index (χ4v) is 1.56. The summed E-state index contributed by atoms with van der Waals surface area (Å²) in [5.41, 5.74) is 0. The normalized spacial score (nSPS) is 21.6. The first-order valence-electron chi connectivity index (χ1n) is 4.94. The Hall–Kier alpha value is -0.980. The van der Waals surface area contributed by atoms with E-state index < -0.39 is 18.9 Å². The van der Waals surface area contributed by atoms with Gasteiger partial charge in [-0.15, -0.1) is 0 Å². The second kappa shape index (κ2) is 4.90. The van der Waals surface area contributed by atoms with Crippen LogP contribution in [-0.4, -0.2) is 61.9 Å². The van der Waals surface area contributed by atoms with Crippen LogP contribution in [0.25, 0.3) is 0 Å². The molecule has 0 saturated carbocycles. The lowest BCUT2D eigenvalue weighted by Crippen LogP contribution is -2.36. The minimum atomic E-state index is -4.46. The molecule has 0 spiro atoms. The van der Waals surface area contributed by atoms with E-state index in [9.17, 15) is 18.0 Å². The highest BCUT2D eigenvalue weighted by atomic mass is 19.4. The SMILES string of the molecule is CN(C)C1CCN(C(=O)OCC(F)(F)F)C1. The summed E-state index contributed by atoms with van der Waals surface area (Å²) < 4.78 is 39.6. The van der Waals surface area contributed by atoms with Crippen molar-refractivity contribution in [2.24, 2.45) is 0 Å². The quantitative estimate of drug-likeness (QED) is 0.729.